The van der Waals surface area contributed by atoms with Crippen LogP contribution in [0.2, 0.25) is 0 Å². The van der Waals surface area contributed by atoms with Gasteiger partial charge in [-0.25, -0.2) is 5.06 Å². The molecule has 6 heteroatoms. The molecule has 0 unspecified atom stereocenters. The molecule has 2 aliphatic rings. The number of nitrogens with zero attached hydrogens (tertiary/aromatic N) is 2. The van der Waals surface area contributed by atoms with Gasteiger partial charge in [0.05, 0.1) is 25.4 Å². The fourth-order valence-electron chi connectivity index (χ4n) is 4.42. The number of fused-ring (bicyclic) bond motifs is 1. The zero-order chi connectivity index (χ0) is 21.4. The van der Waals surface area contributed by atoms with Crippen molar-refractivity contribution >= 4 is 17.5 Å². The van der Waals surface area contributed by atoms with Gasteiger partial charge in [-0.1, -0.05) is 66.7 Å². The van der Waals surface area contributed by atoms with Crippen molar-refractivity contribution in [3.63, 3.8) is 0 Å². The number of anilines is 1. The van der Waals surface area contributed by atoms with Crippen molar-refractivity contribution in [2.45, 2.75) is 18.7 Å². The summed E-state index contributed by atoms with van der Waals surface area (Å²) in [4.78, 5) is 34.2. The fourth-order valence-corrected chi connectivity index (χ4v) is 4.42. The summed E-state index contributed by atoms with van der Waals surface area (Å²) in [6, 6.07) is 26.1. The molecule has 5 rings (SSSR count). The van der Waals surface area contributed by atoms with Crippen LogP contribution in [0.5, 0.6) is 5.75 Å². The number of rotatable bonds is 5. The first kappa shape index (κ1) is 19.3. The molecule has 2 heterocycles. The molecule has 0 saturated carbocycles. The Morgan fingerprint density at radius 1 is 0.839 bits per heavy atom. The van der Waals surface area contributed by atoms with Gasteiger partial charge in [-0.05, 0) is 23.8 Å². The van der Waals surface area contributed by atoms with Gasteiger partial charge in [0, 0.05) is 5.56 Å². The standard InChI is InChI=1S/C25H22N2O4/c1-30-20-15-9-8-14-19(20)22-21-23(31-27(22)18-12-6-3-7-13-18)25(29)26(24(21)28)16-17-10-4-2-5-11-17/h2-15,21-23H,16H2,1H3/t21-,22+,23+/m0/s1. The number of hydrogen-bond acceptors (Lipinski definition) is 5. The number of para-hydroxylation sites is 2. The molecule has 3 atom stereocenters. The molecule has 31 heavy (non-hydrogen) atoms. The van der Waals surface area contributed by atoms with E-state index in [-0.39, 0.29) is 18.4 Å². The largest absolute Gasteiger partial charge is 0.496 e. The summed E-state index contributed by atoms with van der Waals surface area (Å²) in [5.41, 5.74) is 2.49. The predicted octanol–water partition coefficient (Wildman–Crippen LogP) is 3.74. The van der Waals surface area contributed by atoms with Crippen LogP contribution in [0.1, 0.15) is 17.2 Å². The van der Waals surface area contributed by atoms with Crippen LogP contribution in [0.25, 0.3) is 0 Å². The zero-order valence-electron chi connectivity index (χ0n) is 17.0. The van der Waals surface area contributed by atoms with Gasteiger partial charge in [0.25, 0.3) is 5.91 Å². The maximum Gasteiger partial charge on any atom is 0.262 e. The summed E-state index contributed by atoms with van der Waals surface area (Å²) in [6.07, 6.45) is -0.869. The Hall–Kier alpha value is -3.64. The highest BCUT2D eigenvalue weighted by atomic mass is 16.7. The molecule has 2 amide bonds. The minimum atomic E-state index is -0.869. The molecular weight excluding hydrogens is 392 g/mol. The minimum absolute atomic E-state index is 0.229. The third-order valence-corrected chi connectivity index (χ3v) is 5.86. The van der Waals surface area contributed by atoms with Gasteiger partial charge in [0.15, 0.2) is 6.10 Å². The average molecular weight is 414 g/mol. The Morgan fingerprint density at radius 2 is 1.48 bits per heavy atom. The number of hydroxylamine groups is 1. The Labute approximate surface area is 180 Å². The molecular formula is C25H22N2O4. The lowest BCUT2D eigenvalue weighted by molar-refractivity contribution is -0.143. The second kappa shape index (κ2) is 7.89. The van der Waals surface area contributed by atoms with Crippen molar-refractivity contribution in [3.8, 4) is 5.75 Å². The molecule has 156 valence electrons. The monoisotopic (exact) mass is 414 g/mol. The highest BCUT2D eigenvalue weighted by Crippen LogP contribution is 2.48. The number of hydrogen-bond donors (Lipinski definition) is 0. The van der Waals surface area contributed by atoms with Crippen LogP contribution in [0.4, 0.5) is 5.69 Å². The second-order valence-corrected chi connectivity index (χ2v) is 7.65. The van der Waals surface area contributed by atoms with E-state index in [2.05, 4.69) is 0 Å². The van der Waals surface area contributed by atoms with Gasteiger partial charge >= 0.3 is 0 Å². The molecule has 0 spiro atoms. The van der Waals surface area contributed by atoms with Crippen LogP contribution < -0.4 is 9.80 Å². The summed E-state index contributed by atoms with van der Waals surface area (Å²) in [5.74, 6) is -0.544. The summed E-state index contributed by atoms with van der Waals surface area (Å²) in [7, 11) is 1.60. The lowest BCUT2D eigenvalue weighted by Gasteiger charge is -2.29. The molecule has 2 saturated heterocycles. The normalized spacial score (nSPS) is 22.7. The van der Waals surface area contributed by atoms with Gasteiger partial charge in [-0.15, -0.1) is 0 Å². The Kier molecular flexibility index (Phi) is 4.92. The number of ether oxygens (including phenoxy) is 1. The maximum atomic E-state index is 13.5. The minimum Gasteiger partial charge on any atom is -0.496 e. The molecule has 0 aliphatic carbocycles. The summed E-state index contributed by atoms with van der Waals surface area (Å²) >= 11 is 0. The van der Waals surface area contributed by atoms with Gasteiger partial charge < -0.3 is 4.74 Å². The van der Waals surface area contributed by atoms with E-state index < -0.39 is 18.1 Å². The SMILES string of the molecule is COc1ccccc1[C@@H]1[C@@H]2C(=O)N(Cc3ccccc3)C(=O)[C@@H]2ON1c1ccccc1. The number of amides is 2. The third-order valence-electron chi connectivity index (χ3n) is 5.86. The number of carbonyl (C=O) groups excluding carboxylic acids is 2. The third kappa shape index (κ3) is 3.25. The Bertz CT molecular complexity index is 1100. The lowest BCUT2D eigenvalue weighted by atomic mass is 9.90. The van der Waals surface area contributed by atoms with Crippen molar-refractivity contribution in [1.82, 2.24) is 4.90 Å². The van der Waals surface area contributed by atoms with Gasteiger partial charge in [-0.2, -0.15) is 0 Å². The summed E-state index contributed by atoms with van der Waals surface area (Å²) < 4.78 is 5.58. The van der Waals surface area contributed by atoms with Crippen LogP contribution in [0.15, 0.2) is 84.9 Å². The smallest absolute Gasteiger partial charge is 0.262 e. The van der Waals surface area contributed by atoms with Crippen LogP contribution >= 0.6 is 0 Å². The van der Waals surface area contributed by atoms with E-state index in [4.69, 9.17) is 9.57 Å². The van der Waals surface area contributed by atoms with E-state index >= 15 is 0 Å². The van der Waals surface area contributed by atoms with Crippen molar-refractivity contribution in [1.29, 1.82) is 0 Å². The van der Waals surface area contributed by atoms with E-state index in [0.717, 1.165) is 16.8 Å². The molecule has 0 aromatic heterocycles. The number of imide groups is 1. The lowest BCUT2D eigenvalue weighted by Crippen LogP contribution is -2.37. The van der Waals surface area contributed by atoms with E-state index in [0.29, 0.717) is 5.75 Å². The van der Waals surface area contributed by atoms with E-state index in [1.165, 1.54) is 4.90 Å². The molecule has 3 aromatic rings. The number of methoxy groups -OCH3 is 1. The van der Waals surface area contributed by atoms with Crippen molar-refractivity contribution < 1.29 is 19.2 Å². The van der Waals surface area contributed by atoms with Crippen LogP contribution in [-0.2, 0) is 21.0 Å². The van der Waals surface area contributed by atoms with Crippen molar-refractivity contribution in [3.05, 3.63) is 96.1 Å². The highest BCUT2D eigenvalue weighted by Gasteiger charge is 2.60. The van der Waals surface area contributed by atoms with Crippen LogP contribution in [0.3, 0.4) is 0 Å². The molecule has 0 N–H and O–H groups in total. The summed E-state index contributed by atoms with van der Waals surface area (Å²) in [6.45, 7) is 0.235. The quantitative estimate of drug-likeness (QED) is 0.596. The Morgan fingerprint density at radius 3 is 2.19 bits per heavy atom. The summed E-state index contributed by atoms with van der Waals surface area (Å²) in [5, 5.41) is 1.68. The molecule has 2 aliphatic heterocycles. The van der Waals surface area contributed by atoms with E-state index in [1.807, 2.05) is 84.9 Å². The molecule has 3 aromatic carbocycles. The molecule has 2 fully saturated rings. The maximum absolute atomic E-state index is 13.5. The zero-order valence-corrected chi connectivity index (χ0v) is 17.0. The first-order valence-electron chi connectivity index (χ1n) is 10.2. The second-order valence-electron chi connectivity index (χ2n) is 7.65. The van der Waals surface area contributed by atoms with E-state index in [1.54, 1.807) is 12.2 Å². The van der Waals surface area contributed by atoms with Crippen molar-refractivity contribution in [2.24, 2.45) is 5.92 Å². The predicted molar refractivity (Wildman–Crippen MR) is 115 cm³/mol. The fraction of sp³-hybridized carbons (Fsp3) is 0.200. The molecule has 0 radical (unpaired) electrons. The average Bonchev–Trinajstić information content (AvgIpc) is 3.32. The van der Waals surface area contributed by atoms with Crippen LogP contribution in [-0.4, -0.2) is 29.9 Å². The number of likely N-dealkylation sites (tertiary alicyclic amines) is 1. The first-order chi connectivity index (χ1) is 15.2. The molecule has 0 bridgehead atoms. The first-order valence-corrected chi connectivity index (χ1v) is 10.2. The number of carbonyl (C=O) groups is 2. The highest BCUT2D eigenvalue weighted by molar-refractivity contribution is 6.07. The van der Waals surface area contributed by atoms with Crippen LogP contribution in [0, 0.1) is 5.92 Å². The van der Waals surface area contributed by atoms with Gasteiger partial charge in [0.1, 0.15) is 11.7 Å². The van der Waals surface area contributed by atoms with E-state index in [9.17, 15) is 9.59 Å². The Balaban J connectivity index is 1.56. The van der Waals surface area contributed by atoms with Crippen molar-refractivity contribution in [2.75, 3.05) is 12.2 Å². The number of benzene rings is 3. The topological polar surface area (TPSA) is 59.1 Å². The van der Waals surface area contributed by atoms with Gasteiger partial charge in [-0.3, -0.25) is 19.3 Å². The molecule has 6 nitrogen and oxygen atoms in total. The van der Waals surface area contributed by atoms with Gasteiger partial charge in [0.2, 0.25) is 5.91 Å².